The highest BCUT2D eigenvalue weighted by Crippen LogP contribution is 2.25. The molecule has 23 heavy (non-hydrogen) atoms. The van der Waals surface area contributed by atoms with Crippen molar-refractivity contribution in [3.05, 3.63) is 84.7 Å². The summed E-state index contributed by atoms with van der Waals surface area (Å²) >= 11 is 0. The first-order valence-electron chi connectivity index (χ1n) is 7.68. The summed E-state index contributed by atoms with van der Waals surface area (Å²) in [6.07, 6.45) is 4.05. The Morgan fingerprint density at radius 3 is 2.22 bits per heavy atom. The van der Waals surface area contributed by atoms with Gasteiger partial charge in [-0.15, -0.1) is 0 Å². The zero-order chi connectivity index (χ0) is 15.6. The Bertz CT molecular complexity index is 938. The van der Waals surface area contributed by atoms with Crippen molar-refractivity contribution >= 4 is 5.65 Å². The molecule has 0 spiro atoms. The molecule has 2 aromatic carbocycles. The minimum atomic E-state index is 0.494. The summed E-state index contributed by atoms with van der Waals surface area (Å²) in [6, 6.07) is 22.9. The molecule has 0 amide bonds. The van der Waals surface area contributed by atoms with Crippen LogP contribution in [0.1, 0.15) is 5.56 Å². The molecule has 2 N–H and O–H groups in total. The van der Waals surface area contributed by atoms with E-state index in [1.54, 1.807) is 0 Å². The van der Waals surface area contributed by atoms with Crippen molar-refractivity contribution in [3.63, 3.8) is 0 Å². The van der Waals surface area contributed by atoms with E-state index in [1.807, 2.05) is 35.0 Å². The van der Waals surface area contributed by atoms with Crippen LogP contribution in [-0.2, 0) is 6.54 Å². The molecule has 0 atom stereocenters. The van der Waals surface area contributed by atoms with Crippen LogP contribution >= 0.6 is 0 Å². The van der Waals surface area contributed by atoms with Gasteiger partial charge in [0.05, 0.1) is 5.69 Å². The molecule has 0 aliphatic carbocycles. The maximum Gasteiger partial charge on any atom is 0.141 e. The summed E-state index contributed by atoms with van der Waals surface area (Å²) in [4.78, 5) is 4.74. The van der Waals surface area contributed by atoms with Crippen molar-refractivity contribution in [2.75, 3.05) is 0 Å². The fourth-order valence-electron chi connectivity index (χ4n) is 2.83. The Morgan fingerprint density at radius 1 is 0.783 bits per heavy atom. The molecule has 0 radical (unpaired) electrons. The van der Waals surface area contributed by atoms with Crippen molar-refractivity contribution in [1.82, 2.24) is 9.38 Å². The van der Waals surface area contributed by atoms with Crippen LogP contribution in [0.2, 0.25) is 0 Å². The van der Waals surface area contributed by atoms with E-state index in [0.29, 0.717) is 6.54 Å². The van der Waals surface area contributed by atoms with E-state index in [0.717, 1.165) is 22.5 Å². The second kappa shape index (κ2) is 5.71. The summed E-state index contributed by atoms with van der Waals surface area (Å²) in [5.74, 6) is 0. The average Bonchev–Trinajstić information content (AvgIpc) is 3.07. The maximum absolute atomic E-state index is 5.79. The van der Waals surface area contributed by atoms with E-state index in [-0.39, 0.29) is 0 Å². The van der Waals surface area contributed by atoms with Gasteiger partial charge >= 0.3 is 0 Å². The SMILES string of the molecule is NCc1cccn2cc(-c3ccc(-c4ccccc4)cc3)nc12. The van der Waals surface area contributed by atoms with Crippen LogP contribution in [0.4, 0.5) is 0 Å². The number of imidazole rings is 1. The predicted molar refractivity (Wildman–Crippen MR) is 94.0 cm³/mol. The molecule has 0 fully saturated rings. The average molecular weight is 299 g/mol. The van der Waals surface area contributed by atoms with Gasteiger partial charge in [0.25, 0.3) is 0 Å². The molecule has 4 aromatic rings. The topological polar surface area (TPSA) is 43.3 Å². The lowest BCUT2D eigenvalue weighted by Crippen LogP contribution is -1.99. The van der Waals surface area contributed by atoms with E-state index < -0.39 is 0 Å². The molecule has 3 heteroatoms. The third-order valence-corrected chi connectivity index (χ3v) is 4.07. The smallest absolute Gasteiger partial charge is 0.141 e. The number of nitrogens with zero attached hydrogens (tertiary/aromatic N) is 2. The van der Waals surface area contributed by atoms with Gasteiger partial charge in [-0.1, -0.05) is 60.7 Å². The number of hydrogen-bond acceptors (Lipinski definition) is 2. The zero-order valence-corrected chi connectivity index (χ0v) is 12.7. The first-order chi connectivity index (χ1) is 11.3. The minimum absolute atomic E-state index is 0.494. The monoisotopic (exact) mass is 299 g/mol. The summed E-state index contributed by atoms with van der Waals surface area (Å²) in [7, 11) is 0. The van der Waals surface area contributed by atoms with E-state index in [2.05, 4.69) is 48.5 Å². The molecule has 0 aliphatic heterocycles. The molecule has 4 rings (SSSR count). The normalized spacial score (nSPS) is 11.0. The molecule has 3 nitrogen and oxygen atoms in total. The summed E-state index contributed by atoms with van der Waals surface area (Å²) in [6.45, 7) is 0.494. The van der Waals surface area contributed by atoms with Gasteiger partial charge in [0.2, 0.25) is 0 Å². The molecule has 2 heterocycles. The highest BCUT2D eigenvalue weighted by atomic mass is 15.0. The number of fused-ring (bicyclic) bond motifs is 1. The number of rotatable bonds is 3. The van der Waals surface area contributed by atoms with E-state index >= 15 is 0 Å². The Balaban J connectivity index is 1.74. The van der Waals surface area contributed by atoms with Crippen LogP contribution in [0.25, 0.3) is 28.0 Å². The number of hydrogen-bond donors (Lipinski definition) is 1. The van der Waals surface area contributed by atoms with Crippen molar-refractivity contribution in [3.8, 4) is 22.4 Å². The van der Waals surface area contributed by atoms with Crippen molar-refractivity contribution in [1.29, 1.82) is 0 Å². The molecule has 2 aromatic heterocycles. The van der Waals surface area contributed by atoms with E-state index in [9.17, 15) is 0 Å². The minimum Gasteiger partial charge on any atom is -0.326 e. The van der Waals surface area contributed by atoms with Gasteiger partial charge in [0.1, 0.15) is 5.65 Å². The quantitative estimate of drug-likeness (QED) is 0.618. The lowest BCUT2D eigenvalue weighted by atomic mass is 10.0. The number of aromatic nitrogens is 2. The number of benzene rings is 2. The zero-order valence-electron chi connectivity index (χ0n) is 12.7. The molecular weight excluding hydrogens is 282 g/mol. The Morgan fingerprint density at radius 2 is 1.48 bits per heavy atom. The van der Waals surface area contributed by atoms with Crippen LogP contribution in [0.5, 0.6) is 0 Å². The van der Waals surface area contributed by atoms with Crippen LogP contribution in [0, 0.1) is 0 Å². The second-order valence-electron chi connectivity index (χ2n) is 5.54. The van der Waals surface area contributed by atoms with Crippen LogP contribution in [0.15, 0.2) is 79.1 Å². The van der Waals surface area contributed by atoms with Crippen molar-refractivity contribution in [2.45, 2.75) is 6.54 Å². The van der Waals surface area contributed by atoms with Gasteiger partial charge in [-0.05, 0) is 17.2 Å². The van der Waals surface area contributed by atoms with E-state index in [1.165, 1.54) is 11.1 Å². The lowest BCUT2D eigenvalue weighted by Gasteiger charge is -2.02. The van der Waals surface area contributed by atoms with Crippen LogP contribution < -0.4 is 5.73 Å². The Hall–Kier alpha value is -2.91. The fourth-order valence-corrected chi connectivity index (χ4v) is 2.83. The van der Waals surface area contributed by atoms with Gasteiger partial charge in [-0.25, -0.2) is 4.98 Å². The standard InChI is InChI=1S/C20H17N3/c21-13-18-7-4-12-23-14-19(22-20(18)23)17-10-8-16(9-11-17)15-5-2-1-3-6-15/h1-12,14H,13,21H2. The van der Waals surface area contributed by atoms with Crippen LogP contribution in [0.3, 0.4) is 0 Å². The number of nitrogens with two attached hydrogens (primary N) is 1. The Labute approximate surface area is 135 Å². The van der Waals surface area contributed by atoms with Crippen molar-refractivity contribution < 1.29 is 0 Å². The third-order valence-electron chi connectivity index (χ3n) is 4.07. The molecule has 0 saturated heterocycles. The molecule has 0 bridgehead atoms. The summed E-state index contributed by atoms with van der Waals surface area (Å²) < 4.78 is 2.03. The fraction of sp³-hybridized carbons (Fsp3) is 0.0500. The van der Waals surface area contributed by atoms with Gasteiger partial charge < -0.3 is 10.1 Å². The van der Waals surface area contributed by atoms with Gasteiger partial charge in [0, 0.05) is 30.1 Å². The molecule has 0 unspecified atom stereocenters. The predicted octanol–water partition coefficient (Wildman–Crippen LogP) is 4.13. The van der Waals surface area contributed by atoms with Gasteiger partial charge in [-0.3, -0.25) is 0 Å². The Kier molecular flexibility index (Phi) is 3.41. The highest BCUT2D eigenvalue weighted by Gasteiger charge is 2.07. The third kappa shape index (κ3) is 2.51. The largest absolute Gasteiger partial charge is 0.326 e. The van der Waals surface area contributed by atoms with E-state index in [4.69, 9.17) is 10.7 Å². The number of pyridine rings is 1. The summed E-state index contributed by atoms with van der Waals surface area (Å²) in [5, 5.41) is 0. The maximum atomic E-state index is 5.79. The summed E-state index contributed by atoms with van der Waals surface area (Å²) in [5.41, 5.74) is 12.3. The first kappa shape index (κ1) is 13.7. The second-order valence-corrected chi connectivity index (χ2v) is 5.54. The first-order valence-corrected chi connectivity index (χ1v) is 7.68. The lowest BCUT2D eigenvalue weighted by molar-refractivity contribution is 1.04. The van der Waals surface area contributed by atoms with Crippen LogP contribution in [-0.4, -0.2) is 9.38 Å². The van der Waals surface area contributed by atoms with Crippen molar-refractivity contribution in [2.24, 2.45) is 5.73 Å². The molecule has 112 valence electrons. The molecule has 0 saturated carbocycles. The van der Waals surface area contributed by atoms with Gasteiger partial charge in [-0.2, -0.15) is 0 Å². The highest BCUT2D eigenvalue weighted by molar-refractivity contribution is 5.70. The van der Waals surface area contributed by atoms with Gasteiger partial charge in [0.15, 0.2) is 0 Å². The molecular formula is C20H17N3. The molecule has 0 aliphatic rings.